The quantitative estimate of drug-likeness (QED) is 0.921. The van der Waals surface area contributed by atoms with Crippen molar-refractivity contribution >= 4 is 11.8 Å². The van der Waals surface area contributed by atoms with Gasteiger partial charge in [-0.1, -0.05) is 0 Å². The maximum absolute atomic E-state index is 5.38. The molecular formula is C16H21N3OS. The second-order valence-corrected chi connectivity index (χ2v) is 6.34. The molecule has 0 amide bonds. The number of ether oxygens (including phenoxy) is 1. The second-order valence-electron chi connectivity index (χ2n) is 5.20. The van der Waals surface area contributed by atoms with E-state index >= 15 is 0 Å². The fourth-order valence-electron chi connectivity index (χ4n) is 2.68. The van der Waals surface area contributed by atoms with Gasteiger partial charge in [0.1, 0.15) is 5.75 Å². The maximum Gasteiger partial charge on any atom is 0.119 e. The van der Waals surface area contributed by atoms with Crippen molar-refractivity contribution in [3.63, 3.8) is 0 Å². The molecule has 0 saturated carbocycles. The van der Waals surface area contributed by atoms with Crippen LogP contribution >= 0.6 is 11.8 Å². The molecule has 112 valence electrons. The third-order valence-corrected chi connectivity index (χ3v) is 4.98. The topological polar surface area (TPSA) is 39.1 Å². The molecule has 4 nitrogen and oxygen atoms in total. The summed E-state index contributed by atoms with van der Waals surface area (Å²) in [5, 5.41) is 3.69. The molecule has 0 unspecified atom stereocenters. The number of imidazole rings is 1. The van der Waals surface area contributed by atoms with Crippen LogP contribution in [0.1, 0.15) is 24.4 Å². The van der Waals surface area contributed by atoms with Crippen LogP contribution in [0.2, 0.25) is 0 Å². The molecule has 1 aromatic heterocycles. The van der Waals surface area contributed by atoms with Crippen molar-refractivity contribution in [3.8, 4) is 5.75 Å². The smallest absolute Gasteiger partial charge is 0.119 e. The minimum atomic E-state index is 0.411. The van der Waals surface area contributed by atoms with Crippen LogP contribution in [0.25, 0.3) is 0 Å². The highest BCUT2D eigenvalue weighted by Crippen LogP contribution is 2.36. The van der Waals surface area contributed by atoms with Gasteiger partial charge in [-0.15, -0.1) is 11.8 Å². The number of nitrogens with zero attached hydrogens (tertiary/aromatic N) is 2. The monoisotopic (exact) mass is 303 g/mol. The van der Waals surface area contributed by atoms with E-state index in [1.165, 1.54) is 29.1 Å². The van der Waals surface area contributed by atoms with Crippen molar-refractivity contribution in [2.24, 2.45) is 0 Å². The number of rotatable bonds is 5. The third kappa shape index (κ3) is 3.60. The SMILES string of the molecule is COc1ccc2c(c1)[C@@H](NCCn1ccnc1)CCCS2. The minimum absolute atomic E-state index is 0.411. The van der Waals surface area contributed by atoms with E-state index < -0.39 is 0 Å². The molecular weight excluding hydrogens is 282 g/mol. The molecule has 0 radical (unpaired) electrons. The van der Waals surface area contributed by atoms with E-state index in [2.05, 4.69) is 33.1 Å². The summed E-state index contributed by atoms with van der Waals surface area (Å²) < 4.78 is 7.49. The first kappa shape index (κ1) is 14.5. The first-order chi connectivity index (χ1) is 10.4. The standard InChI is InChI=1S/C16H21N3OS/c1-20-13-4-5-16-14(11-13)15(3-2-10-21-16)18-7-9-19-8-6-17-12-19/h4-6,8,11-12,15,18H,2-3,7,9-10H2,1H3/t15-/m0/s1. The Hall–Kier alpha value is -1.46. The highest BCUT2D eigenvalue weighted by atomic mass is 32.2. The van der Waals surface area contributed by atoms with E-state index in [4.69, 9.17) is 4.74 Å². The molecule has 0 aliphatic carbocycles. The molecule has 1 N–H and O–H groups in total. The number of nitrogens with one attached hydrogen (secondary N) is 1. The summed E-state index contributed by atoms with van der Waals surface area (Å²) in [6.07, 6.45) is 8.10. The summed E-state index contributed by atoms with van der Waals surface area (Å²) in [6.45, 7) is 1.89. The van der Waals surface area contributed by atoms with E-state index in [1.807, 2.05) is 30.5 Å². The molecule has 3 rings (SSSR count). The first-order valence-corrected chi connectivity index (χ1v) is 8.35. The lowest BCUT2D eigenvalue weighted by Gasteiger charge is -2.20. The number of aromatic nitrogens is 2. The number of methoxy groups -OCH3 is 1. The zero-order chi connectivity index (χ0) is 14.5. The number of fused-ring (bicyclic) bond motifs is 1. The van der Waals surface area contributed by atoms with Crippen molar-refractivity contribution in [2.75, 3.05) is 19.4 Å². The average Bonchev–Trinajstić information content (AvgIpc) is 2.95. The molecule has 2 aromatic rings. The van der Waals surface area contributed by atoms with E-state index in [-0.39, 0.29) is 0 Å². The Labute approximate surface area is 129 Å². The fraction of sp³-hybridized carbons (Fsp3) is 0.438. The Kier molecular flexibility index (Phi) is 4.83. The van der Waals surface area contributed by atoms with Gasteiger partial charge in [0.15, 0.2) is 0 Å². The third-order valence-electron chi connectivity index (χ3n) is 3.81. The molecule has 0 fully saturated rings. The Morgan fingerprint density at radius 3 is 3.24 bits per heavy atom. The largest absolute Gasteiger partial charge is 0.497 e. The first-order valence-electron chi connectivity index (χ1n) is 7.36. The van der Waals surface area contributed by atoms with Crippen molar-refractivity contribution in [3.05, 3.63) is 42.5 Å². The second kappa shape index (κ2) is 7.00. The van der Waals surface area contributed by atoms with Crippen molar-refractivity contribution in [1.82, 2.24) is 14.9 Å². The van der Waals surface area contributed by atoms with Crippen LogP contribution in [0.15, 0.2) is 41.8 Å². The van der Waals surface area contributed by atoms with E-state index in [9.17, 15) is 0 Å². The molecule has 0 spiro atoms. The summed E-state index contributed by atoms with van der Waals surface area (Å²) in [4.78, 5) is 5.46. The molecule has 2 heterocycles. The van der Waals surface area contributed by atoms with Gasteiger partial charge in [-0.3, -0.25) is 0 Å². The van der Waals surface area contributed by atoms with E-state index in [0.717, 1.165) is 18.8 Å². The highest BCUT2D eigenvalue weighted by Gasteiger charge is 2.19. The molecule has 0 saturated heterocycles. The van der Waals surface area contributed by atoms with Gasteiger partial charge in [-0.05, 0) is 42.4 Å². The summed E-state index contributed by atoms with van der Waals surface area (Å²) in [5.74, 6) is 2.14. The van der Waals surface area contributed by atoms with Gasteiger partial charge in [-0.2, -0.15) is 0 Å². The van der Waals surface area contributed by atoms with Gasteiger partial charge in [0, 0.05) is 36.4 Å². The lowest BCUT2D eigenvalue weighted by molar-refractivity contribution is 0.410. The summed E-state index contributed by atoms with van der Waals surface area (Å²) in [6, 6.07) is 6.84. The lowest BCUT2D eigenvalue weighted by atomic mass is 10.0. The molecule has 1 atom stereocenters. The normalized spacial score (nSPS) is 18.0. The van der Waals surface area contributed by atoms with Crippen LogP contribution in [-0.4, -0.2) is 29.0 Å². The van der Waals surface area contributed by atoms with Crippen LogP contribution < -0.4 is 10.1 Å². The Bertz CT molecular complexity index is 571. The van der Waals surface area contributed by atoms with Gasteiger partial charge >= 0.3 is 0 Å². The molecule has 1 aliphatic rings. The molecule has 1 aliphatic heterocycles. The minimum Gasteiger partial charge on any atom is -0.497 e. The maximum atomic E-state index is 5.38. The van der Waals surface area contributed by atoms with Crippen LogP contribution in [0.5, 0.6) is 5.75 Å². The number of thioether (sulfide) groups is 1. The zero-order valence-electron chi connectivity index (χ0n) is 12.3. The summed E-state index contributed by atoms with van der Waals surface area (Å²) in [7, 11) is 1.73. The highest BCUT2D eigenvalue weighted by molar-refractivity contribution is 7.99. The van der Waals surface area contributed by atoms with Gasteiger partial charge in [0.05, 0.1) is 13.4 Å². The molecule has 21 heavy (non-hydrogen) atoms. The molecule has 1 aromatic carbocycles. The number of hydrogen-bond donors (Lipinski definition) is 1. The molecule has 5 heteroatoms. The van der Waals surface area contributed by atoms with Gasteiger partial charge < -0.3 is 14.6 Å². The van der Waals surface area contributed by atoms with E-state index in [0.29, 0.717) is 6.04 Å². The lowest BCUT2D eigenvalue weighted by Crippen LogP contribution is -2.25. The molecule has 0 bridgehead atoms. The predicted molar refractivity (Wildman–Crippen MR) is 85.9 cm³/mol. The Morgan fingerprint density at radius 1 is 1.48 bits per heavy atom. The fourth-order valence-corrected chi connectivity index (χ4v) is 3.74. The van der Waals surface area contributed by atoms with Crippen LogP contribution in [0.3, 0.4) is 0 Å². The van der Waals surface area contributed by atoms with Crippen LogP contribution in [0, 0.1) is 0 Å². The zero-order valence-corrected chi connectivity index (χ0v) is 13.1. The van der Waals surface area contributed by atoms with Crippen LogP contribution in [0.4, 0.5) is 0 Å². The van der Waals surface area contributed by atoms with Gasteiger partial charge in [0.2, 0.25) is 0 Å². The van der Waals surface area contributed by atoms with Crippen molar-refractivity contribution < 1.29 is 4.74 Å². The summed E-state index contributed by atoms with van der Waals surface area (Å²) in [5.41, 5.74) is 1.38. The van der Waals surface area contributed by atoms with Crippen molar-refractivity contribution in [2.45, 2.75) is 30.3 Å². The Morgan fingerprint density at radius 2 is 2.43 bits per heavy atom. The number of benzene rings is 1. The van der Waals surface area contributed by atoms with Gasteiger partial charge in [0.25, 0.3) is 0 Å². The Balaban J connectivity index is 1.69. The van der Waals surface area contributed by atoms with E-state index in [1.54, 1.807) is 7.11 Å². The average molecular weight is 303 g/mol. The van der Waals surface area contributed by atoms with Gasteiger partial charge in [-0.25, -0.2) is 4.98 Å². The predicted octanol–water partition coefficient (Wildman–Crippen LogP) is 3.11. The summed E-state index contributed by atoms with van der Waals surface area (Å²) >= 11 is 1.95. The van der Waals surface area contributed by atoms with Crippen LogP contribution in [-0.2, 0) is 6.54 Å². The van der Waals surface area contributed by atoms with Crippen molar-refractivity contribution in [1.29, 1.82) is 0 Å². The number of hydrogen-bond acceptors (Lipinski definition) is 4.